The molecule has 1 aliphatic rings. The molecule has 1 fully saturated rings. The van der Waals surface area contributed by atoms with Gasteiger partial charge in [-0.1, -0.05) is 11.6 Å². The van der Waals surface area contributed by atoms with Crippen molar-refractivity contribution in [3.8, 4) is 11.5 Å². The molecule has 0 aromatic heterocycles. The number of aliphatic hydroxyl groups excluding tert-OH is 1. The second-order valence-electron chi connectivity index (χ2n) is 7.43. The van der Waals surface area contributed by atoms with Crippen molar-refractivity contribution in [2.75, 3.05) is 31.6 Å². The van der Waals surface area contributed by atoms with Crippen LogP contribution in [0.1, 0.15) is 6.92 Å². The van der Waals surface area contributed by atoms with Gasteiger partial charge in [-0.15, -0.1) is 0 Å². The minimum absolute atomic E-state index is 0.0986. The Bertz CT molecular complexity index is 1020. The lowest BCUT2D eigenvalue weighted by molar-refractivity contribution is -0.192. The Labute approximate surface area is 208 Å². The van der Waals surface area contributed by atoms with E-state index >= 15 is 0 Å². The number of carboxylic acid groups (broad SMARTS) is 1. The van der Waals surface area contributed by atoms with Gasteiger partial charge < -0.3 is 25.0 Å². The monoisotopic (exact) mass is 538 g/mol. The summed E-state index contributed by atoms with van der Waals surface area (Å²) in [4.78, 5) is 25.7. The van der Waals surface area contributed by atoms with Crippen molar-refractivity contribution < 1.29 is 51.7 Å². The molecule has 9 nitrogen and oxygen atoms in total. The number of β-amino-alcohol motifs (C(OH)–C–C–N with tert-alkyl or cyclic N) is 1. The molecule has 1 amide bonds. The van der Waals surface area contributed by atoms with Gasteiger partial charge in [0.05, 0.1) is 18.8 Å². The maximum atomic E-state index is 13.5. The highest BCUT2D eigenvalue weighted by molar-refractivity contribution is 6.30. The third kappa shape index (κ3) is 10.2. The number of amides is 1. The van der Waals surface area contributed by atoms with E-state index in [9.17, 15) is 27.5 Å². The number of ether oxygens (including phenoxy) is 2. The van der Waals surface area contributed by atoms with Crippen LogP contribution in [-0.2, 0) is 14.4 Å². The first-order chi connectivity index (χ1) is 16.8. The van der Waals surface area contributed by atoms with Crippen molar-refractivity contribution in [3.63, 3.8) is 0 Å². The molecule has 1 saturated heterocycles. The van der Waals surface area contributed by atoms with E-state index in [1.165, 1.54) is 19.1 Å². The number of rotatable bonds is 8. The van der Waals surface area contributed by atoms with Crippen molar-refractivity contribution in [3.05, 3.63) is 53.3 Å². The molecule has 2 atom stereocenters. The van der Waals surface area contributed by atoms with Crippen molar-refractivity contribution in [2.45, 2.75) is 25.3 Å². The van der Waals surface area contributed by atoms with E-state index in [1.54, 1.807) is 29.3 Å². The molecule has 0 radical (unpaired) electrons. The van der Waals surface area contributed by atoms with E-state index in [4.69, 9.17) is 35.8 Å². The number of hydroxylamine groups is 2. The number of carbonyl (C=O) groups is 2. The van der Waals surface area contributed by atoms with Gasteiger partial charge in [0.2, 0.25) is 5.91 Å². The molecular formula is C22H23ClF4N2O7. The van der Waals surface area contributed by atoms with Crippen LogP contribution in [0.15, 0.2) is 42.5 Å². The summed E-state index contributed by atoms with van der Waals surface area (Å²) in [6.07, 6.45) is -6.16. The standard InChI is InChI=1S/C20H22ClFN2O5.C2HF3O2/c1-13(25)23-19-7-4-15(22)8-20(19)27-11-16(26)9-24-10-18(12-28-24)29-17-5-2-14(21)3-6-17;3-2(4,5)1(6)7/h2-8,16,18,26H,9-12H2,1H3,(H,23,25);(H,6,7)/t16-,18+;/m0./s1. The van der Waals surface area contributed by atoms with E-state index in [0.717, 1.165) is 6.07 Å². The lowest BCUT2D eigenvalue weighted by Crippen LogP contribution is -2.34. The third-order valence-electron chi connectivity index (χ3n) is 4.31. The summed E-state index contributed by atoms with van der Waals surface area (Å²) in [7, 11) is 0. The molecule has 2 aromatic rings. The lowest BCUT2D eigenvalue weighted by Gasteiger charge is -2.20. The zero-order chi connectivity index (χ0) is 26.9. The van der Waals surface area contributed by atoms with Gasteiger partial charge in [-0.2, -0.15) is 18.2 Å². The number of aliphatic hydroxyl groups is 1. The fourth-order valence-corrected chi connectivity index (χ4v) is 2.93. The summed E-state index contributed by atoms with van der Waals surface area (Å²) in [6.45, 7) is 2.25. The smallest absolute Gasteiger partial charge is 0.489 e. The van der Waals surface area contributed by atoms with Gasteiger partial charge in [0, 0.05) is 18.0 Å². The normalized spacial score (nSPS) is 16.5. The number of alkyl halides is 3. The van der Waals surface area contributed by atoms with E-state index in [0.29, 0.717) is 29.6 Å². The van der Waals surface area contributed by atoms with Crippen LogP contribution < -0.4 is 14.8 Å². The maximum absolute atomic E-state index is 13.5. The van der Waals surface area contributed by atoms with Crippen molar-refractivity contribution >= 4 is 29.2 Å². The predicted octanol–water partition coefficient (Wildman–Crippen LogP) is 3.51. The van der Waals surface area contributed by atoms with Crippen LogP contribution in [0.4, 0.5) is 23.2 Å². The van der Waals surface area contributed by atoms with Crippen molar-refractivity contribution in [1.82, 2.24) is 5.06 Å². The molecule has 0 spiro atoms. The maximum Gasteiger partial charge on any atom is 0.490 e. The Balaban J connectivity index is 0.000000572. The van der Waals surface area contributed by atoms with E-state index < -0.39 is 24.1 Å². The van der Waals surface area contributed by atoms with Crippen LogP contribution in [-0.4, -0.2) is 71.8 Å². The van der Waals surface area contributed by atoms with Crippen LogP contribution in [0.2, 0.25) is 5.02 Å². The average molecular weight is 539 g/mol. The van der Waals surface area contributed by atoms with Gasteiger partial charge >= 0.3 is 12.1 Å². The zero-order valence-corrected chi connectivity index (χ0v) is 19.6. The summed E-state index contributed by atoms with van der Waals surface area (Å²) in [6, 6.07) is 10.8. The predicted molar refractivity (Wildman–Crippen MR) is 119 cm³/mol. The number of halogens is 5. The number of nitrogens with one attached hydrogen (secondary N) is 1. The lowest BCUT2D eigenvalue weighted by atomic mass is 10.2. The molecule has 1 aliphatic heterocycles. The number of anilines is 1. The molecular weight excluding hydrogens is 516 g/mol. The summed E-state index contributed by atoms with van der Waals surface area (Å²) >= 11 is 5.86. The number of carboxylic acids is 1. The van der Waals surface area contributed by atoms with Gasteiger partial charge in [0.15, 0.2) is 0 Å². The van der Waals surface area contributed by atoms with Crippen LogP contribution in [0, 0.1) is 5.82 Å². The first-order valence-electron chi connectivity index (χ1n) is 10.3. The van der Waals surface area contributed by atoms with Gasteiger partial charge in [-0.3, -0.25) is 9.63 Å². The number of nitrogens with zero attached hydrogens (tertiary/aromatic N) is 1. The minimum atomic E-state index is -5.08. The number of carbonyl (C=O) groups excluding carboxylic acids is 1. The Morgan fingerprint density at radius 2 is 1.89 bits per heavy atom. The van der Waals surface area contributed by atoms with Crippen LogP contribution >= 0.6 is 11.6 Å². The fraction of sp³-hybridized carbons (Fsp3) is 0.364. The van der Waals surface area contributed by atoms with Gasteiger partial charge in [-0.05, 0) is 36.4 Å². The van der Waals surface area contributed by atoms with Gasteiger partial charge in [0.1, 0.15) is 42.7 Å². The molecule has 0 bridgehead atoms. The molecule has 0 aliphatic carbocycles. The molecule has 14 heteroatoms. The fourth-order valence-electron chi connectivity index (χ4n) is 2.81. The first kappa shape index (κ1) is 29.1. The quantitative estimate of drug-likeness (QED) is 0.437. The summed E-state index contributed by atoms with van der Waals surface area (Å²) in [5.74, 6) is -2.74. The Kier molecular flexibility index (Phi) is 10.7. The van der Waals surface area contributed by atoms with Crippen LogP contribution in [0.5, 0.6) is 11.5 Å². The minimum Gasteiger partial charge on any atom is -0.489 e. The van der Waals surface area contributed by atoms with Gasteiger partial charge in [-0.25, -0.2) is 9.18 Å². The molecule has 198 valence electrons. The second kappa shape index (κ2) is 13.3. The zero-order valence-electron chi connectivity index (χ0n) is 18.8. The summed E-state index contributed by atoms with van der Waals surface area (Å²) < 4.78 is 56.5. The Hall–Kier alpha value is -3.13. The van der Waals surface area contributed by atoms with Crippen LogP contribution in [0.25, 0.3) is 0 Å². The number of hydrogen-bond acceptors (Lipinski definition) is 7. The highest BCUT2D eigenvalue weighted by Crippen LogP contribution is 2.26. The molecule has 36 heavy (non-hydrogen) atoms. The second-order valence-corrected chi connectivity index (χ2v) is 7.86. The SMILES string of the molecule is CC(=O)Nc1ccc(F)cc1OC[C@@H](O)CN1C[C@@H](Oc2ccc(Cl)cc2)CO1.O=C(O)C(F)(F)F. The summed E-state index contributed by atoms with van der Waals surface area (Å²) in [5, 5.41) is 22.1. The van der Waals surface area contributed by atoms with Crippen molar-refractivity contribution in [2.24, 2.45) is 0 Å². The molecule has 0 unspecified atom stereocenters. The molecule has 3 N–H and O–H groups in total. The molecule has 2 aromatic carbocycles. The number of benzene rings is 2. The van der Waals surface area contributed by atoms with Crippen LogP contribution in [0.3, 0.4) is 0 Å². The molecule has 1 heterocycles. The largest absolute Gasteiger partial charge is 0.490 e. The van der Waals surface area contributed by atoms with E-state index in [1.807, 2.05) is 0 Å². The van der Waals surface area contributed by atoms with E-state index in [-0.39, 0.29) is 30.9 Å². The average Bonchev–Trinajstić information content (AvgIpc) is 3.21. The molecule has 3 rings (SSSR count). The van der Waals surface area contributed by atoms with Crippen molar-refractivity contribution in [1.29, 1.82) is 0 Å². The highest BCUT2D eigenvalue weighted by atomic mass is 35.5. The number of hydrogen-bond donors (Lipinski definition) is 3. The highest BCUT2D eigenvalue weighted by Gasteiger charge is 2.38. The number of aliphatic carboxylic acids is 1. The topological polar surface area (TPSA) is 118 Å². The third-order valence-corrected chi connectivity index (χ3v) is 4.56. The Morgan fingerprint density at radius 1 is 1.25 bits per heavy atom. The first-order valence-corrected chi connectivity index (χ1v) is 10.7. The van der Waals surface area contributed by atoms with E-state index in [2.05, 4.69) is 5.32 Å². The molecule has 0 saturated carbocycles. The summed E-state index contributed by atoms with van der Waals surface area (Å²) in [5.41, 5.74) is 0.333. The van der Waals surface area contributed by atoms with Gasteiger partial charge in [0.25, 0.3) is 0 Å². The Morgan fingerprint density at radius 3 is 2.47 bits per heavy atom.